The SMILES string of the molecule is CCOC(=O)C1=C(C)N=c2s/c(=C\c3cc(Br)c(OCc4ccc(Cl)c(Cl)c4)c(OC)c3)c(=O)n2[C@H]1c1cc(OC)c(OC)cc1Br. The highest BCUT2D eigenvalue weighted by atomic mass is 79.9. The number of hydrogen-bond donors (Lipinski definition) is 0. The number of carbonyl (C=O) groups is 1. The molecule has 0 unspecified atom stereocenters. The minimum atomic E-state index is -0.861. The van der Waals surface area contributed by atoms with Gasteiger partial charge in [0.05, 0.1) is 64.3 Å². The maximum absolute atomic E-state index is 14.2. The van der Waals surface area contributed by atoms with Crippen molar-refractivity contribution in [1.82, 2.24) is 4.57 Å². The maximum Gasteiger partial charge on any atom is 0.338 e. The summed E-state index contributed by atoms with van der Waals surface area (Å²) >= 11 is 20.6. The van der Waals surface area contributed by atoms with E-state index in [0.717, 1.165) is 5.56 Å². The Hall–Kier alpha value is -3.29. The lowest BCUT2D eigenvalue weighted by Gasteiger charge is -2.26. The van der Waals surface area contributed by atoms with E-state index < -0.39 is 12.0 Å². The molecule has 0 aliphatic carbocycles. The molecule has 0 N–H and O–H groups in total. The molecule has 0 radical (unpaired) electrons. The molecule has 2 heterocycles. The Balaban J connectivity index is 1.61. The highest BCUT2D eigenvalue weighted by Gasteiger charge is 2.35. The van der Waals surface area contributed by atoms with E-state index in [1.54, 1.807) is 50.3 Å². The lowest BCUT2D eigenvalue weighted by molar-refractivity contribution is -0.139. The van der Waals surface area contributed by atoms with Crippen molar-refractivity contribution in [3.63, 3.8) is 0 Å². The van der Waals surface area contributed by atoms with Crippen LogP contribution in [0.2, 0.25) is 10.0 Å². The highest BCUT2D eigenvalue weighted by molar-refractivity contribution is 9.10. The van der Waals surface area contributed by atoms with Crippen molar-refractivity contribution in [2.45, 2.75) is 26.5 Å². The van der Waals surface area contributed by atoms with Crippen LogP contribution in [0, 0.1) is 0 Å². The Morgan fingerprint density at radius 2 is 1.68 bits per heavy atom. The zero-order valence-electron chi connectivity index (χ0n) is 25.8. The van der Waals surface area contributed by atoms with Gasteiger partial charge in [-0.1, -0.05) is 56.5 Å². The van der Waals surface area contributed by atoms with E-state index >= 15 is 0 Å². The van der Waals surface area contributed by atoms with Gasteiger partial charge in [0.2, 0.25) is 0 Å². The summed E-state index contributed by atoms with van der Waals surface area (Å²) in [4.78, 5) is 32.6. The molecule has 1 aliphatic rings. The lowest BCUT2D eigenvalue weighted by atomic mass is 9.95. The zero-order chi connectivity index (χ0) is 34.0. The molecule has 3 aromatic carbocycles. The predicted molar refractivity (Wildman–Crippen MR) is 189 cm³/mol. The fraction of sp³-hybridized carbons (Fsp3) is 0.242. The van der Waals surface area contributed by atoms with E-state index in [1.165, 1.54) is 37.2 Å². The number of rotatable bonds is 10. The summed E-state index contributed by atoms with van der Waals surface area (Å²) in [6.45, 7) is 3.82. The zero-order valence-corrected chi connectivity index (χ0v) is 31.3. The fourth-order valence-electron chi connectivity index (χ4n) is 5.06. The summed E-state index contributed by atoms with van der Waals surface area (Å²) < 4.78 is 31.3. The van der Waals surface area contributed by atoms with E-state index in [-0.39, 0.29) is 24.3 Å². The number of ether oxygens (including phenoxy) is 5. The number of nitrogens with zero attached hydrogens (tertiary/aromatic N) is 2. The van der Waals surface area contributed by atoms with Gasteiger partial charge in [0.25, 0.3) is 5.56 Å². The van der Waals surface area contributed by atoms with Crippen LogP contribution in [-0.4, -0.2) is 38.5 Å². The van der Waals surface area contributed by atoms with E-state index in [1.807, 2.05) is 12.1 Å². The standard InChI is InChI=1S/C33H28Br2Cl2N2O7S/c1-6-45-32(41)28-16(2)38-33-39(29(28)19-13-24(42-3)25(43-4)14-20(19)34)31(40)27(47-33)12-18-9-21(35)30(26(11-18)44-5)46-15-17-7-8-22(36)23(37)10-17/h7-14,29H,6,15H2,1-5H3/b27-12-/t29-/m0/s1. The van der Waals surface area contributed by atoms with Crippen LogP contribution in [0.3, 0.4) is 0 Å². The van der Waals surface area contributed by atoms with Gasteiger partial charge in [0, 0.05) is 4.47 Å². The molecule has 1 aliphatic heterocycles. The van der Waals surface area contributed by atoms with Crippen molar-refractivity contribution in [3.05, 3.63) is 109 Å². The first-order valence-corrected chi connectivity index (χ1v) is 17.2. The molecule has 0 fully saturated rings. The first-order valence-electron chi connectivity index (χ1n) is 14.1. The van der Waals surface area contributed by atoms with Gasteiger partial charge in [-0.15, -0.1) is 0 Å². The molecular weight excluding hydrogens is 799 g/mol. The van der Waals surface area contributed by atoms with Gasteiger partial charge in [-0.3, -0.25) is 9.36 Å². The average molecular weight is 827 g/mol. The summed E-state index contributed by atoms with van der Waals surface area (Å²) in [5.41, 5.74) is 2.44. The van der Waals surface area contributed by atoms with Crippen molar-refractivity contribution in [2.24, 2.45) is 4.99 Å². The second kappa shape index (κ2) is 14.9. The molecule has 0 saturated heterocycles. The highest BCUT2D eigenvalue weighted by Crippen LogP contribution is 2.41. The van der Waals surface area contributed by atoms with E-state index in [2.05, 4.69) is 36.9 Å². The number of hydrogen-bond acceptors (Lipinski definition) is 9. The van der Waals surface area contributed by atoms with Crippen molar-refractivity contribution in [2.75, 3.05) is 27.9 Å². The van der Waals surface area contributed by atoms with Crippen LogP contribution in [0.15, 0.2) is 72.5 Å². The van der Waals surface area contributed by atoms with Crippen LogP contribution >= 0.6 is 66.4 Å². The van der Waals surface area contributed by atoms with Gasteiger partial charge in [-0.05, 0) is 88.9 Å². The Bertz CT molecular complexity index is 2100. The van der Waals surface area contributed by atoms with Crippen molar-refractivity contribution in [3.8, 4) is 23.0 Å². The Morgan fingerprint density at radius 1 is 0.979 bits per heavy atom. The number of esters is 1. The molecule has 47 heavy (non-hydrogen) atoms. The van der Waals surface area contributed by atoms with Crippen LogP contribution < -0.4 is 33.8 Å². The molecule has 0 bridgehead atoms. The molecule has 0 spiro atoms. The summed E-state index contributed by atoms with van der Waals surface area (Å²) in [6.07, 6.45) is 1.74. The monoisotopic (exact) mass is 824 g/mol. The molecule has 4 aromatic rings. The van der Waals surface area contributed by atoms with Crippen LogP contribution in [0.1, 0.15) is 36.6 Å². The Labute approximate surface area is 301 Å². The van der Waals surface area contributed by atoms with Gasteiger partial charge in [0.1, 0.15) is 6.61 Å². The topological polar surface area (TPSA) is 97.6 Å². The van der Waals surface area contributed by atoms with Crippen LogP contribution in [0.5, 0.6) is 23.0 Å². The minimum Gasteiger partial charge on any atom is -0.493 e. The molecule has 246 valence electrons. The minimum absolute atomic E-state index is 0.156. The van der Waals surface area contributed by atoms with Gasteiger partial charge in [-0.25, -0.2) is 9.79 Å². The summed E-state index contributed by atoms with van der Waals surface area (Å²) in [5.74, 6) is 1.28. The number of allylic oxidation sites excluding steroid dienone is 1. The first kappa shape index (κ1) is 35.0. The van der Waals surface area contributed by atoms with Gasteiger partial charge in [-0.2, -0.15) is 0 Å². The molecule has 0 amide bonds. The van der Waals surface area contributed by atoms with Gasteiger partial charge in [0.15, 0.2) is 27.8 Å². The molecule has 5 rings (SSSR count). The fourth-order valence-corrected chi connectivity index (χ4v) is 7.55. The Morgan fingerprint density at radius 3 is 2.34 bits per heavy atom. The van der Waals surface area contributed by atoms with E-state index in [9.17, 15) is 9.59 Å². The third kappa shape index (κ3) is 7.12. The van der Waals surface area contributed by atoms with Gasteiger partial charge < -0.3 is 23.7 Å². The molecule has 0 saturated carbocycles. The van der Waals surface area contributed by atoms with Crippen molar-refractivity contribution in [1.29, 1.82) is 0 Å². The number of methoxy groups -OCH3 is 3. The molecule has 1 aromatic heterocycles. The van der Waals surface area contributed by atoms with E-state index in [4.69, 9.17) is 46.9 Å². The van der Waals surface area contributed by atoms with Crippen molar-refractivity contribution >= 4 is 78.4 Å². The smallest absolute Gasteiger partial charge is 0.338 e. The number of carbonyl (C=O) groups excluding carboxylic acids is 1. The second-order valence-electron chi connectivity index (χ2n) is 10.1. The summed E-state index contributed by atoms with van der Waals surface area (Å²) in [7, 11) is 4.58. The molecular formula is C33H28Br2Cl2N2O7S. The van der Waals surface area contributed by atoms with Crippen LogP contribution in [0.25, 0.3) is 6.08 Å². The third-order valence-corrected chi connectivity index (χ3v) is 10.2. The number of halogens is 4. The lowest BCUT2D eigenvalue weighted by Crippen LogP contribution is -2.40. The predicted octanol–water partition coefficient (Wildman–Crippen LogP) is 7.23. The average Bonchev–Trinajstić information content (AvgIpc) is 3.34. The Kier molecular flexibility index (Phi) is 11.1. The summed E-state index contributed by atoms with van der Waals surface area (Å²) in [6, 6.07) is 11.5. The number of thiazole rings is 1. The van der Waals surface area contributed by atoms with Crippen LogP contribution in [0.4, 0.5) is 0 Å². The molecule has 14 heteroatoms. The van der Waals surface area contributed by atoms with Gasteiger partial charge >= 0.3 is 5.97 Å². The molecule has 9 nitrogen and oxygen atoms in total. The first-order chi connectivity index (χ1) is 22.5. The number of aromatic nitrogens is 1. The number of fused-ring (bicyclic) bond motifs is 1. The van der Waals surface area contributed by atoms with Crippen molar-refractivity contribution < 1.29 is 28.5 Å². The quantitative estimate of drug-likeness (QED) is 0.156. The third-order valence-electron chi connectivity index (χ3n) is 7.23. The number of benzene rings is 3. The van der Waals surface area contributed by atoms with Crippen LogP contribution in [-0.2, 0) is 16.1 Å². The maximum atomic E-state index is 14.2. The molecule has 1 atom stereocenters. The summed E-state index contributed by atoms with van der Waals surface area (Å²) in [5, 5.41) is 0.889. The second-order valence-corrected chi connectivity index (χ2v) is 13.6. The largest absolute Gasteiger partial charge is 0.493 e. The normalized spacial score (nSPS) is 14.4. The van der Waals surface area contributed by atoms with E-state index in [0.29, 0.717) is 68.1 Å².